The summed E-state index contributed by atoms with van der Waals surface area (Å²) in [6.45, 7) is 0.358. The number of anilines is 1. The molecule has 0 atom stereocenters. The lowest BCUT2D eigenvalue weighted by Gasteiger charge is -2.17. The molecule has 0 unspecified atom stereocenters. The number of rotatable bonds is 7. The Balaban J connectivity index is 1.57. The van der Waals surface area contributed by atoms with Crippen LogP contribution in [0.1, 0.15) is 22.3 Å². The molecule has 0 saturated heterocycles. The van der Waals surface area contributed by atoms with E-state index in [1.54, 1.807) is 24.4 Å². The number of alkyl halides is 3. The Labute approximate surface area is 217 Å². The second-order valence-electron chi connectivity index (χ2n) is 8.92. The van der Waals surface area contributed by atoms with Gasteiger partial charge in [0.1, 0.15) is 0 Å². The minimum Gasteiger partial charge on any atom is -0.494 e. The molecule has 1 heterocycles. The highest BCUT2D eigenvalue weighted by atomic mass is 19.4. The molecule has 0 saturated carbocycles. The van der Waals surface area contributed by atoms with E-state index in [0.29, 0.717) is 23.9 Å². The standard InChI is InChI=1S/C31H24F4N2O/c1-38-28-14-13-21(16-27(28)32)18-36-24-10-5-9-22(17-24)29-23(15-20-7-3-2-4-8-20)19-37-30-25(29)11-6-12-26(30)31(33,34)35/h2-14,16-17,19,36H,15,18H2,1H3. The van der Waals surface area contributed by atoms with Gasteiger partial charge in [0.2, 0.25) is 0 Å². The average molecular weight is 517 g/mol. The number of methoxy groups -OCH3 is 1. The number of hydrogen-bond donors (Lipinski definition) is 1. The molecule has 1 aromatic heterocycles. The van der Waals surface area contributed by atoms with Crippen molar-refractivity contribution < 1.29 is 22.3 Å². The number of ether oxygens (including phenoxy) is 1. The average Bonchev–Trinajstić information content (AvgIpc) is 2.91. The van der Waals surface area contributed by atoms with Gasteiger partial charge in [-0.05, 0) is 64.6 Å². The van der Waals surface area contributed by atoms with Gasteiger partial charge in [-0.15, -0.1) is 0 Å². The highest BCUT2D eigenvalue weighted by Gasteiger charge is 2.33. The third-order valence-electron chi connectivity index (χ3n) is 6.38. The van der Waals surface area contributed by atoms with E-state index in [2.05, 4.69) is 10.3 Å². The van der Waals surface area contributed by atoms with Crippen molar-refractivity contribution in [2.75, 3.05) is 12.4 Å². The van der Waals surface area contributed by atoms with Crippen molar-refractivity contribution in [1.82, 2.24) is 4.98 Å². The van der Waals surface area contributed by atoms with E-state index in [4.69, 9.17) is 4.74 Å². The van der Waals surface area contributed by atoms with Gasteiger partial charge >= 0.3 is 6.18 Å². The maximum Gasteiger partial charge on any atom is 0.418 e. The van der Waals surface area contributed by atoms with Gasteiger partial charge in [-0.1, -0.05) is 60.7 Å². The third kappa shape index (κ3) is 5.32. The van der Waals surface area contributed by atoms with Gasteiger partial charge in [-0.25, -0.2) is 4.39 Å². The van der Waals surface area contributed by atoms with E-state index in [9.17, 15) is 17.6 Å². The van der Waals surface area contributed by atoms with Crippen molar-refractivity contribution in [2.24, 2.45) is 0 Å². The molecule has 0 bridgehead atoms. The maximum atomic E-state index is 14.1. The zero-order chi connectivity index (χ0) is 26.7. The minimum absolute atomic E-state index is 0.0844. The van der Waals surface area contributed by atoms with Crippen LogP contribution in [0, 0.1) is 5.82 Å². The molecule has 0 aliphatic carbocycles. The van der Waals surface area contributed by atoms with Crippen molar-refractivity contribution in [1.29, 1.82) is 0 Å². The van der Waals surface area contributed by atoms with Gasteiger partial charge in [0, 0.05) is 23.8 Å². The van der Waals surface area contributed by atoms with E-state index in [1.165, 1.54) is 19.2 Å². The van der Waals surface area contributed by atoms with Gasteiger partial charge in [0.15, 0.2) is 11.6 Å². The molecule has 5 rings (SSSR count). The van der Waals surface area contributed by atoms with Crippen LogP contribution in [-0.2, 0) is 19.1 Å². The molecule has 1 N–H and O–H groups in total. The number of benzene rings is 4. The molecule has 38 heavy (non-hydrogen) atoms. The molecule has 0 aliphatic rings. The lowest BCUT2D eigenvalue weighted by molar-refractivity contribution is -0.136. The summed E-state index contributed by atoms with van der Waals surface area (Å²) in [6.07, 6.45) is -2.47. The Hall–Kier alpha value is -4.39. The van der Waals surface area contributed by atoms with Crippen LogP contribution in [0.4, 0.5) is 23.2 Å². The van der Waals surface area contributed by atoms with Crippen LogP contribution < -0.4 is 10.1 Å². The first-order valence-electron chi connectivity index (χ1n) is 12.0. The molecule has 192 valence electrons. The molecule has 0 spiro atoms. The lowest BCUT2D eigenvalue weighted by atomic mass is 9.91. The van der Waals surface area contributed by atoms with Crippen LogP contribution in [0.5, 0.6) is 5.75 Å². The first-order chi connectivity index (χ1) is 18.3. The van der Waals surface area contributed by atoms with Crippen molar-refractivity contribution in [3.8, 4) is 16.9 Å². The summed E-state index contributed by atoms with van der Waals surface area (Å²) < 4.78 is 60.5. The minimum atomic E-state index is -4.53. The number of fused-ring (bicyclic) bond motifs is 1. The largest absolute Gasteiger partial charge is 0.494 e. The van der Waals surface area contributed by atoms with E-state index in [-0.39, 0.29) is 11.3 Å². The molecule has 3 nitrogen and oxygen atoms in total. The molecule has 0 amide bonds. The van der Waals surface area contributed by atoms with E-state index in [0.717, 1.165) is 34.0 Å². The number of halogens is 4. The zero-order valence-corrected chi connectivity index (χ0v) is 20.5. The van der Waals surface area contributed by atoms with Crippen LogP contribution >= 0.6 is 0 Å². The van der Waals surface area contributed by atoms with Gasteiger partial charge < -0.3 is 10.1 Å². The van der Waals surface area contributed by atoms with Crippen LogP contribution in [0.3, 0.4) is 0 Å². The van der Waals surface area contributed by atoms with Crippen LogP contribution in [0.2, 0.25) is 0 Å². The second-order valence-corrected chi connectivity index (χ2v) is 8.92. The molecule has 4 aromatic carbocycles. The number of aromatic nitrogens is 1. The Morgan fingerprint density at radius 1 is 0.842 bits per heavy atom. The Morgan fingerprint density at radius 3 is 2.37 bits per heavy atom. The SMILES string of the molecule is COc1ccc(CNc2cccc(-c3c(Cc4ccccc4)cnc4c(C(F)(F)F)cccc34)c2)cc1F. The Morgan fingerprint density at radius 2 is 1.63 bits per heavy atom. The fraction of sp³-hybridized carbons (Fsp3) is 0.129. The number of pyridine rings is 1. The van der Waals surface area contributed by atoms with Gasteiger partial charge in [0.25, 0.3) is 0 Å². The first-order valence-corrected chi connectivity index (χ1v) is 12.0. The molecule has 0 aliphatic heterocycles. The summed E-state index contributed by atoms with van der Waals surface area (Å²) in [5.74, 6) is -0.278. The highest BCUT2D eigenvalue weighted by Crippen LogP contribution is 2.39. The Kier molecular flexibility index (Phi) is 7.01. The Bertz CT molecular complexity index is 1580. The van der Waals surface area contributed by atoms with Gasteiger partial charge in [-0.2, -0.15) is 13.2 Å². The maximum absolute atomic E-state index is 14.1. The number of para-hydroxylation sites is 1. The lowest BCUT2D eigenvalue weighted by Crippen LogP contribution is -2.07. The van der Waals surface area contributed by atoms with E-state index in [1.807, 2.05) is 54.6 Å². The quantitative estimate of drug-likeness (QED) is 0.221. The van der Waals surface area contributed by atoms with E-state index >= 15 is 0 Å². The first kappa shape index (κ1) is 25.3. The van der Waals surface area contributed by atoms with Crippen molar-refractivity contribution in [2.45, 2.75) is 19.1 Å². The topological polar surface area (TPSA) is 34.1 Å². The van der Waals surface area contributed by atoms with Gasteiger partial charge in [-0.3, -0.25) is 4.98 Å². The summed E-state index contributed by atoms with van der Waals surface area (Å²) in [5, 5.41) is 3.72. The molecule has 5 aromatic rings. The highest BCUT2D eigenvalue weighted by molar-refractivity contribution is 5.98. The fourth-order valence-corrected chi connectivity index (χ4v) is 4.59. The number of nitrogens with one attached hydrogen (secondary N) is 1. The summed E-state index contributed by atoms with van der Waals surface area (Å²) in [7, 11) is 1.41. The third-order valence-corrected chi connectivity index (χ3v) is 6.38. The molecule has 7 heteroatoms. The predicted octanol–water partition coefficient (Wildman–Crippen LogP) is 8.27. The monoisotopic (exact) mass is 516 g/mol. The summed E-state index contributed by atoms with van der Waals surface area (Å²) in [6, 6.07) is 26.1. The van der Waals surface area contributed by atoms with Crippen molar-refractivity contribution in [3.63, 3.8) is 0 Å². The van der Waals surface area contributed by atoms with Crippen molar-refractivity contribution >= 4 is 16.6 Å². The smallest absolute Gasteiger partial charge is 0.418 e. The predicted molar refractivity (Wildman–Crippen MR) is 142 cm³/mol. The van der Waals surface area contributed by atoms with Gasteiger partial charge in [0.05, 0.1) is 18.2 Å². The fourth-order valence-electron chi connectivity index (χ4n) is 4.59. The summed E-state index contributed by atoms with van der Waals surface area (Å²) in [5.41, 5.74) is 3.92. The normalized spacial score (nSPS) is 11.5. The summed E-state index contributed by atoms with van der Waals surface area (Å²) in [4.78, 5) is 4.27. The molecular weight excluding hydrogens is 492 g/mol. The van der Waals surface area contributed by atoms with Crippen LogP contribution in [0.15, 0.2) is 97.2 Å². The van der Waals surface area contributed by atoms with E-state index < -0.39 is 17.6 Å². The molecular formula is C31H24F4N2O. The molecule has 0 radical (unpaired) electrons. The zero-order valence-electron chi connectivity index (χ0n) is 20.5. The van der Waals surface area contributed by atoms with Crippen molar-refractivity contribution in [3.05, 3.63) is 125 Å². The van der Waals surface area contributed by atoms with Crippen LogP contribution in [0.25, 0.3) is 22.0 Å². The number of nitrogens with zero attached hydrogens (tertiary/aromatic N) is 1. The van der Waals surface area contributed by atoms with Crippen LogP contribution in [-0.4, -0.2) is 12.1 Å². The number of hydrogen-bond acceptors (Lipinski definition) is 3. The molecule has 0 fully saturated rings. The summed E-state index contributed by atoms with van der Waals surface area (Å²) >= 11 is 0. The second kappa shape index (κ2) is 10.5.